The number of anilines is 1. The Kier molecular flexibility index (Phi) is 8.58. The van der Waals surface area contributed by atoms with Crippen molar-refractivity contribution in [1.29, 1.82) is 0 Å². The van der Waals surface area contributed by atoms with Crippen molar-refractivity contribution in [2.75, 3.05) is 26.0 Å². The molecule has 0 radical (unpaired) electrons. The van der Waals surface area contributed by atoms with Crippen molar-refractivity contribution >= 4 is 46.1 Å². The second-order valence-corrected chi connectivity index (χ2v) is 9.55. The van der Waals surface area contributed by atoms with Gasteiger partial charge in [0.15, 0.2) is 5.13 Å². The van der Waals surface area contributed by atoms with Crippen LogP contribution in [-0.2, 0) is 16.1 Å². The molecule has 8 nitrogen and oxygen atoms in total. The third kappa shape index (κ3) is 7.70. The lowest BCUT2D eigenvalue weighted by Gasteiger charge is -2.10. The molecular weight excluding hydrogens is 458 g/mol. The first-order chi connectivity index (χ1) is 15.8. The number of nitrogens with one attached hydrogen (secondary N) is 3. The van der Waals surface area contributed by atoms with Crippen LogP contribution in [0.5, 0.6) is 0 Å². The topological polar surface area (TPSA) is 103 Å². The van der Waals surface area contributed by atoms with Crippen molar-refractivity contribution < 1.29 is 14.4 Å². The number of aromatic nitrogens is 1. The van der Waals surface area contributed by atoms with Crippen LogP contribution in [0.1, 0.15) is 22.8 Å². The van der Waals surface area contributed by atoms with E-state index in [2.05, 4.69) is 20.9 Å². The summed E-state index contributed by atoms with van der Waals surface area (Å²) in [7, 11) is 3.85. The molecule has 0 bridgehead atoms. The Morgan fingerprint density at radius 2 is 1.82 bits per heavy atom. The maximum absolute atomic E-state index is 12.4. The number of hydrogen-bond acceptors (Lipinski definition) is 7. The Labute approximate surface area is 200 Å². The molecule has 3 amide bonds. The van der Waals surface area contributed by atoms with Crippen LogP contribution in [-0.4, -0.2) is 47.7 Å². The molecule has 1 heterocycles. The Hall–Kier alpha value is -3.21. The van der Waals surface area contributed by atoms with E-state index in [1.54, 1.807) is 12.1 Å². The van der Waals surface area contributed by atoms with E-state index >= 15 is 0 Å². The van der Waals surface area contributed by atoms with Crippen molar-refractivity contribution in [3.63, 3.8) is 0 Å². The molecule has 0 aliphatic rings. The van der Waals surface area contributed by atoms with E-state index in [0.29, 0.717) is 17.2 Å². The molecular formula is C23H25N5O3S2. The van der Waals surface area contributed by atoms with Gasteiger partial charge < -0.3 is 16.0 Å². The van der Waals surface area contributed by atoms with Crippen LogP contribution in [0.3, 0.4) is 0 Å². The summed E-state index contributed by atoms with van der Waals surface area (Å²) >= 11 is 2.82. The van der Waals surface area contributed by atoms with E-state index in [0.717, 1.165) is 21.7 Å². The highest BCUT2D eigenvalue weighted by atomic mass is 32.2. The van der Waals surface area contributed by atoms with Crippen LogP contribution in [0.25, 0.3) is 11.3 Å². The minimum atomic E-state index is -0.353. The van der Waals surface area contributed by atoms with Crippen molar-refractivity contribution in [1.82, 2.24) is 19.9 Å². The van der Waals surface area contributed by atoms with Crippen LogP contribution >= 0.6 is 23.3 Å². The van der Waals surface area contributed by atoms with Crippen molar-refractivity contribution in [2.45, 2.75) is 18.4 Å². The maximum atomic E-state index is 12.4. The third-order valence-corrected chi connectivity index (χ3v) is 5.92. The summed E-state index contributed by atoms with van der Waals surface area (Å²) in [5, 5.41) is 10.4. The van der Waals surface area contributed by atoms with Crippen molar-refractivity contribution in [3.05, 3.63) is 65.0 Å². The van der Waals surface area contributed by atoms with Crippen molar-refractivity contribution in [3.8, 4) is 11.3 Å². The fourth-order valence-electron chi connectivity index (χ4n) is 2.81. The monoisotopic (exact) mass is 483 g/mol. The molecule has 0 saturated carbocycles. The number of carbonyl (C=O) groups excluding carboxylic acids is 3. The molecule has 3 aromatic rings. The molecule has 0 atom stereocenters. The van der Waals surface area contributed by atoms with Crippen LogP contribution in [0.2, 0.25) is 0 Å². The maximum Gasteiger partial charge on any atom is 0.251 e. The molecule has 1 aromatic heterocycles. The molecule has 0 aliphatic carbocycles. The Morgan fingerprint density at radius 1 is 1.06 bits per heavy atom. The summed E-state index contributed by atoms with van der Waals surface area (Å²) < 4.78 is 1.94. The zero-order chi connectivity index (χ0) is 23.8. The number of rotatable bonds is 9. The highest BCUT2D eigenvalue weighted by Gasteiger charge is 2.12. The second kappa shape index (κ2) is 11.6. The average molecular weight is 484 g/mol. The van der Waals surface area contributed by atoms with Crippen LogP contribution in [0.4, 0.5) is 5.13 Å². The lowest BCUT2D eigenvalue weighted by molar-refractivity contribution is -0.119. The summed E-state index contributed by atoms with van der Waals surface area (Å²) in [6.45, 7) is 1.79. The number of amides is 3. The molecule has 0 aliphatic heterocycles. The first kappa shape index (κ1) is 24.4. The number of thiazole rings is 1. The summed E-state index contributed by atoms with van der Waals surface area (Å²) in [5.41, 5.74) is 3.12. The van der Waals surface area contributed by atoms with Gasteiger partial charge in [0.25, 0.3) is 5.91 Å². The lowest BCUT2D eigenvalue weighted by atomic mass is 10.1. The SMILES string of the molecule is CC(=O)NCc1ccc(-c2csc(NC(=O)CNC(=O)c3cccc(SN(C)C)c3)n2)cc1. The summed E-state index contributed by atoms with van der Waals surface area (Å²) in [6, 6.07) is 14.9. The van der Waals surface area contributed by atoms with Crippen LogP contribution in [0.15, 0.2) is 58.8 Å². The average Bonchev–Trinajstić information content (AvgIpc) is 3.24. The zero-order valence-corrected chi connectivity index (χ0v) is 20.2. The largest absolute Gasteiger partial charge is 0.352 e. The molecule has 2 aromatic carbocycles. The molecule has 3 rings (SSSR count). The van der Waals surface area contributed by atoms with Crippen LogP contribution < -0.4 is 16.0 Å². The van der Waals surface area contributed by atoms with Gasteiger partial charge >= 0.3 is 0 Å². The van der Waals surface area contributed by atoms with E-state index in [1.165, 1.54) is 30.2 Å². The van der Waals surface area contributed by atoms with Gasteiger partial charge in [-0.3, -0.25) is 18.7 Å². The van der Waals surface area contributed by atoms with Gasteiger partial charge in [-0.15, -0.1) is 11.3 Å². The van der Waals surface area contributed by atoms with E-state index in [9.17, 15) is 14.4 Å². The number of benzene rings is 2. The summed E-state index contributed by atoms with van der Waals surface area (Å²) in [4.78, 5) is 41.1. The minimum absolute atomic E-state index is 0.0769. The minimum Gasteiger partial charge on any atom is -0.352 e. The highest BCUT2D eigenvalue weighted by Crippen LogP contribution is 2.25. The van der Waals surface area contributed by atoms with Crippen molar-refractivity contribution in [2.24, 2.45) is 0 Å². The number of nitrogens with zero attached hydrogens (tertiary/aromatic N) is 2. The van der Waals surface area contributed by atoms with Gasteiger partial charge in [-0.25, -0.2) is 4.98 Å². The van der Waals surface area contributed by atoms with Gasteiger partial charge in [-0.2, -0.15) is 0 Å². The fourth-order valence-corrected chi connectivity index (χ4v) is 4.29. The van der Waals surface area contributed by atoms with Gasteiger partial charge in [0.2, 0.25) is 11.8 Å². The van der Waals surface area contributed by atoms with Gasteiger partial charge in [0.1, 0.15) is 0 Å². The zero-order valence-electron chi connectivity index (χ0n) is 18.5. The smallest absolute Gasteiger partial charge is 0.251 e. The fraction of sp³-hybridized carbons (Fsp3) is 0.217. The lowest BCUT2D eigenvalue weighted by Crippen LogP contribution is -2.32. The molecule has 172 valence electrons. The molecule has 0 saturated heterocycles. The van der Waals surface area contributed by atoms with E-state index in [4.69, 9.17) is 0 Å². The predicted octanol–water partition coefficient (Wildman–Crippen LogP) is 3.38. The van der Waals surface area contributed by atoms with Gasteiger partial charge in [0, 0.05) is 34.9 Å². The number of hydrogen-bond donors (Lipinski definition) is 3. The standard InChI is InChI=1S/C23H25N5O3S2/c1-15(29)24-12-16-7-9-17(10-8-16)20-14-32-23(26-20)27-21(30)13-25-22(31)18-5-4-6-19(11-18)33-28(2)3/h4-11,14H,12-13H2,1-3H3,(H,24,29)(H,25,31)(H,26,27,30). The molecule has 0 spiro atoms. The molecule has 0 unspecified atom stereocenters. The third-order valence-electron chi connectivity index (χ3n) is 4.34. The Bertz CT molecular complexity index is 1130. The first-order valence-corrected chi connectivity index (χ1v) is 11.8. The van der Waals surface area contributed by atoms with E-state index in [-0.39, 0.29) is 24.3 Å². The van der Waals surface area contributed by atoms with Crippen LogP contribution in [0, 0.1) is 0 Å². The normalized spacial score (nSPS) is 10.7. The summed E-state index contributed by atoms with van der Waals surface area (Å²) in [6.07, 6.45) is 0. The molecule has 10 heteroatoms. The summed E-state index contributed by atoms with van der Waals surface area (Å²) in [5.74, 6) is -0.744. The first-order valence-electron chi connectivity index (χ1n) is 10.1. The predicted molar refractivity (Wildman–Crippen MR) is 132 cm³/mol. The Morgan fingerprint density at radius 3 is 2.52 bits per heavy atom. The van der Waals surface area contributed by atoms with E-state index < -0.39 is 0 Å². The quantitative estimate of drug-likeness (QED) is 0.403. The molecule has 3 N–H and O–H groups in total. The Balaban J connectivity index is 1.51. The van der Waals surface area contributed by atoms with Gasteiger partial charge in [0.05, 0.1) is 12.2 Å². The second-order valence-electron chi connectivity index (χ2n) is 7.31. The highest BCUT2D eigenvalue weighted by molar-refractivity contribution is 7.97. The molecule has 0 fully saturated rings. The molecule has 33 heavy (non-hydrogen) atoms. The van der Waals surface area contributed by atoms with Gasteiger partial charge in [-0.05, 0) is 49.8 Å². The van der Waals surface area contributed by atoms with E-state index in [1.807, 2.05) is 60.2 Å². The number of carbonyl (C=O) groups is 3. The van der Waals surface area contributed by atoms with Gasteiger partial charge in [-0.1, -0.05) is 30.3 Å².